The van der Waals surface area contributed by atoms with Gasteiger partial charge >= 0.3 is 0 Å². The van der Waals surface area contributed by atoms with E-state index in [9.17, 15) is 9.59 Å². The molecule has 5 nitrogen and oxygen atoms in total. The molecule has 1 aliphatic heterocycles. The summed E-state index contributed by atoms with van der Waals surface area (Å²) in [5, 5.41) is 3.68. The molecule has 0 atom stereocenters. The van der Waals surface area contributed by atoms with Crippen LogP contribution in [0, 0.1) is 13.8 Å². The lowest BCUT2D eigenvalue weighted by Crippen LogP contribution is -2.30. The minimum absolute atomic E-state index is 0.0692. The van der Waals surface area contributed by atoms with Gasteiger partial charge in [-0.25, -0.2) is 0 Å². The molecule has 204 valence electrons. The van der Waals surface area contributed by atoms with Gasteiger partial charge in [-0.3, -0.25) is 9.59 Å². The van der Waals surface area contributed by atoms with Crippen molar-refractivity contribution in [1.82, 2.24) is 9.88 Å². The number of rotatable bonds is 5. The van der Waals surface area contributed by atoms with E-state index in [4.69, 9.17) is 11.6 Å². The van der Waals surface area contributed by atoms with E-state index in [1.807, 2.05) is 100 Å². The molecule has 0 aliphatic carbocycles. The fourth-order valence-electron chi connectivity index (χ4n) is 5.54. The van der Waals surface area contributed by atoms with Gasteiger partial charge in [-0.2, -0.15) is 0 Å². The molecule has 0 saturated carbocycles. The third-order valence-electron chi connectivity index (χ3n) is 7.75. The third-order valence-corrected chi connectivity index (χ3v) is 8.01. The standard InChI is InChI=1S/C35H30ClN3O2/c1-23-7-3-5-9-30(23)31-17-13-26(19-24(31)2)35(41)39-22-29-16-18-33(38(29)21-27-8-4-6-10-32(27)39)34(40)37-20-25-11-14-28(36)15-12-25/h3-19H,20-22H2,1-2H3,(H,37,40). The predicted molar refractivity (Wildman–Crippen MR) is 164 cm³/mol. The second-order valence-electron chi connectivity index (χ2n) is 10.5. The van der Waals surface area contributed by atoms with Crippen LogP contribution in [0.4, 0.5) is 5.69 Å². The molecule has 6 rings (SSSR count). The fraction of sp³-hybridized carbons (Fsp3) is 0.143. The van der Waals surface area contributed by atoms with Gasteiger partial charge in [-0.15, -0.1) is 0 Å². The van der Waals surface area contributed by atoms with E-state index >= 15 is 0 Å². The molecule has 1 N–H and O–H groups in total. The number of nitrogens with one attached hydrogen (secondary N) is 1. The van der Waals surface area contributed by atoms with E-state index in [2.05, 4.69) is 31.3 Å². The van der Waals surface area contributed by atoms with Crippen LogP contribution in [0.25, 0.3) is 11.1 Å². The molecule has 2 amide bonds. The van der Waals surface area contributed by atoms with Gasteiger partial charge in [0.1, 0.15) is 5.69 Å². The average molecular weight is 560 g/mol. The van der Waals surface area contributed by atoms with Crippen molar-refractivity contribution in [3.8, 4) is 11.1 Å². The average Bonchev–Trinajstić information content (AvgIpc) is 3.30. The monoisotopic (exact) mass is 559 g/mol. The molecule has 41 heavy (non-hydrogen) atoms. The van der Waals surface area contributed by atoms with Crippen LogP contribution in [0.1, 0.15) is 48.8 Å². The number of hydrogen-bond acceptors (Lipinski definition) is 2. The third kappa shape index (κ3) is 5.29. The highest BCUT2D eigenvalue weighted by Gasteiger charge is 2.27. The number of aromatic nitrogens is 1. The maximum Gasteiger partial charge on any atom is 0.268 e. The predicted octanol–water partition coefficient (Wildman–Crippen LogP) is 7.56. The molecule has 1 aliphatic rings. The van der Waals surface area contributed by atoms with Crippen LogP contribution in [-0.2, 0) is 19.6 Å². The SMILES string of the molecule is Cc1ccccc1-c1ccc(C(=O)N2Cc3ccc(C(=O)NCc4ccc(Cl)cc4)n3Cc3ccccc32)cc1C. The zero-order valence-corrected chi connectivity index (χ0v) is 23.8. The highest BCUT2D eigenvalue weighted by atomic mass is 35.5. The Hall–Kier alpha value is -4.61. The van der Waals surface area contributed by atoms with Crippen molar-refractivity contribution in [3.63, 3.8) is 0 Å². The first kappa shape index (κ1) is 26.6. The molecule has 0 spiro atoms. The number of benzene rings is 4. The van der Waals surface area contributed by atoms with E-state index < -0.39 is 0 Å². The van der Waals surface area contributed by atoms with E-state index in [1.165, 1.54) is 11.1 Å². The molecule has 0 bridgehead atoms. The van der Waals surface area contributed by atoms with E-state index in [0.717, 1.165) is 33.6 Å². The van der Waals surface area contributed by atoms with E-state index in [0.29, 0.717) is 35.9 Å². The Balaban J connectivity index is 1.29. The van der Waals surface area contributed by atoms with Gasteiger partial charge < -0.3 is 14.8 Å². The van der Waals surface area contributed by atoms with Crippen molar-refractivity contribution in [3.05, 3.63) is 147 Å². The van der Waals surface area contributed by atoms with Crippen LogP contribution in [0.3, 0.4) is 0 Å². The summed E-state index contributed by atoms with van der Waals surface area (Å²) in [5.74, 6) is -0.230. The van der Waals surface area contributed by atoms with Gasteiger partial charge in [-0.1, -0.05) is 72.3 Å². The maximum absolute atomic E-state index is 14.0. The molecule has 0 radical (unpaired) electrons. The summed E-state index contributed by atoms with van der Waals surface area (Å²) in [5.41, 5.74) is 9.46. The Morgan fingerprint density at radius 1 is 0.780 bits per heavy atom. The number of aryl methyl sites for hydroxylation is 2. The summed E-state index contributed by atoms with van der Waals surface area (Å²) < 4.78 is 2.01. The van der Waals surface area contributed by atoms with Crippen LogP contribution in [0.2, 0.25) is 5.02 Å². The molecule has 0 unspecified atom stereocenters. The summed E-state index contributed by atoms with van der Waals surface area (Å²) in [6, 6.07) is 33.3. The first-order valence-corrected chi connectivity index (χ1v) is 14.0. The first-order chi connectivity index (χ1) is 19.9. The Morgan fingerprint density at radius 3 is 2.29 bits per heavy atom. The number of anilines is 1. The van der Waals surface area contributed by atoms with Gasteiger partial charge in [0.05, 0.1) is 13.1 Å². The van der Waals surface area contributed by atoms with Crippen LogP contribution in [-0.4, -0.2) is 16.4 Å². The second-order valence-corrected chi connectivity index (χ2v) is 10.9. The number of carbonyl (C=O) groups excluding carboxylic acids is 2. The molecule has 2 heterocycles. The van der Waals surface area contributed by atoms with Gasteiger partial charge in [0, 0.05) is 28.5 Å². The molecule has 1 aromatic heterocycles. The second kappa shape index (κ2) is 11.1. The Bertz CT molecular complexity index is 1770. The van der Waals surface area contributed by atoms with Gasteiger partial charge in [0.2, 0.25) is 0 Å². The van der Waals surface area contributed by atoms with Crippen molar-refractivity contribution in [2.75, 3.05) is 4.90 Å². The van der Waals surface area contributed by atoms with Crippen LogP contribution < -0.4 is 10.2 Å². The van der Waals surface area contributed by atoms with Crippen molar-refractivity contribution in [2.24, 2.45) is 0 Å². The van der Waals surface area contributed by atoms with E-state index in [-0.39, 0.29) is 11.8 Å². The lowest BCUT2D eigenvalue weighted by molar-refractivity contribution is 0.0941. The van der Waals surface area contributed by atoms with E-state index in [1.54, 1.807) is 0 Å². The largest absolute Gasteiger partial charge is 0.347 e. The zero-order valence-electron chi connectivity index (χ0n) is 23.0. The van der Waals surface area contributed by atoms with Crippen molar-refractivity contribution < 1.29 is 9.59 Å². The number of amides is 2. The van der Waals surface area contributed by atoms with Crippen LogP contribution in [0.5, 0.6) is 0 Å². The van der Waals surface area contributed by atoms with Crippen molar-refractivity contribution in [2.45, 2.75) is 33.5 Å². The normalized spacial score (nSPS) is 12.3. The number of nitrogens with zero attached hydrogens (tertiary/aromatic N) is 2. The highest BCUT2D eigenvalue weighted by molar-refractivity contribution is 6.30. The summed E-state index contributed by atoms with van der Waals surface area (Å²) in [6.45, 7) is 5.41. The molecule has 4 aromatic carbocycles. The lowest BCUT2D eigenvalue weighted by Gasteiger charge is -2.23. The molecule has 0 saturated heterocycles. The quantitative estimate of drug-likeness (QED) is 0.241. The Morgan fingerprint density at radius 2 is 1.51 bits per heavy atom. The summed E-state index contributed by atoms with van der Waals surface area (Å²) in [7, 11) is 0. The molecular weight excluding hydrogens is 530 g/mol. The van der Waals surface area contributed by atoms with Crippen molar-refractivity contribution in [1.29, 1.82) is 0 Å². The maximum atomic E-state index is 14.0. The number of carbonyl (C=O) groups is 2. The number of halogens is 1. The Kier molecular flexibility index (Phi) is 7.21. The van der Waals surface area contributed by atoms with Gasteiger partial charge in [-0.05, 0) is 89.7 Å². The van der Waals surface area contributed by atoms with Crippen molar-refractivity contribution >= 4 is 29.1 Å². The van der Waals surface area contributed by atoms with Crippen LogP contribution in [0.15, 0.2) is 103 Å². The lowest BCUT2D eigenvalue weighted by atomic mass is 9.95. The topological polar surface area (TPSA) is 54.3 Å². The molecule has 6 heteroatoms. The Labute approximate surface area is 245 Å². The summed E-state index contributed by atoms with van der Waals surface area (Å²) in [6.07, 6.45) is 0. The number of fused-ring (bicyclic) bond motifs is 2. The minimum Gasteiger partial charge on any atom is -0.347 e. The van der Waals surface area contributed by atoms with Gasteiger partial charge in [0.15, 0.2) is 0 Å². The molecular formula is C35H30ClN3O2. The minimum atomic E-state index is -0.161. The highest BCUT2D eigenvalue weighted by Crippen LogP contribution is 2.32. The first-order valence-electron chi connectivity index (χ1n) is 13.7. The van der Waals surface area contributed by atoms with Gasteiger partial charge in [0.25, 0.3) is 11.8 Å². The molecule has 0 fully saturated rings. The number of para-hydroxylation sites is 1. The van der Waals surface area contributed by atoms with Crippen LogP contribution >= 0.6 is 11.6 Å². The summed E-state index contributed by atoms with van der Waals surface area (Å²) in [4.78, 5) is 29.1. The zero-order chi connectivity index (χ0) is 28.5. The smallest absolute Gasteiger partial charge is 0.268 e. The number of hydrogen-bond donors (Lipinski definition) is 1. The fourth-order valence-corrected chi connectivity index (χ4v) is 5.67. The summed E-state index contributed by atoms with van der Waals surface area (Å²) >= 11 is 5.99. The molecule has 5 aromatic rings.